The zero-order valence-electron chi connectivity index (χ0n) is 44.1. The number of carbonyl (C=O) groups excluding carboxylic acids is 2. The van der Waals surface area contributed by atoms with E-state index in [0.717, 1.165) is 21.5 Å². The summed E-state index contributed by atoms with van der Waals surface area (Å²) in [6, 6.07) is 19.5. The Bertz CT molecular complexity index is 2660. The van der Waals surface area contributed by atoms with E-state index in [9.17, 15) is 18.0 Å². The van der Waals surface area contributed by atoms with Crippen molar-refractivity contribution < 1.29 is 41.7 Å². The molecular weight excluding hydrogens is 969 g/mol. The van der Waals surface area contributed by atoms with Crippen LogP contribution < -0.4 is 31.7 Å². The lowest BCUT2D eigenvalue weighted by atomic mass is 9.73. The molecule has 400 valence electrons. The molecule has 6 atom stereocenters. The Hall–Kier alpha value is -4.83. The minimum atomic E-state index is -3.81. The maximum Gasteiger partial charge on any atom is 0.243 e. The lowest BCUT2D eigenvalue weighted by Gasteiger charge is -2.40. The number of rotatable bonds is 28. The highest BCUT2D eigenvalue weighted by atomic mass is 32.2. The van der Waals surface area contributed by atoms with Gasteiger partial charge in [0.1, 0.15) is 23.3 Å². The van der Waals surface area contributed by atoms with Gasteiger partial charge in [0, 0.05) is 60.2 Å². The van der Waals surface area contributed by atoms with Gasteiger partial charge in [0.15, 0.2) is 9.84 Å². The molecule has 3 aromatic carbocycles. The van der Waals surface area contributed by atoms with Crippen LogP contribution in [0.4, 0.5) is 11.4 Å². The van der Waals surface area contributed by atoms with Gasteiger partial charge < -0.3 is 55.6 Å². The molecule has 0 aliphatic carbocycles. The zero-order valence-corrected chi connectivity index (χ0v) is 45.7. The molecule has 19 heteroatoms. The van der Waals surface area contributed by atoms with Crippen molar-refractivity contribution >= 4 is 65.5 Å². The van der Waals surface area contributed by atoms with Gasteiger partial charge in [-0.3, -0.25) is 14.6 Å². The third kappa shape index (κ3) is 15.4. The number of sulfone groups is 1. The topological polar surface area (TPSA) is 218 Å². The standard InChI is InChI=1S/C54H78N8O9S2/c1-10-41(37-14-12-11-13-15-37)61-51(63)45-31-39(34-62(45)52(64)49(53(3,4)5)50(55)36(2)56-9)57-20-21-67-22-23-68-24-25-69-26-27-70-28-29-71-46-33-43-40(32-48(46)73(65,66)54(6,7)8)42(18-19-58-43)60-38-16-17-47-44(30-38)59-35-72-47/h11-19,30,32-33,35-36,39,41,45,49-50,56-57H,10,20-29,31,34,55H2,1-9H3,(H,58,60)(H,61,63)/t36-,39-,41+,45-,49-,50?/m0/s1. The molecule has 6 N–H and O–H groups in total. The number of carbonyl (C=O) groups is 2. The number of nitrogens with two attached hydrogens (primary N) is 1. The van der Waals surface area contributed by atoms with Gasteiger partial charge in [0.2, 0.25) is 11.8 Å². The molecule has 1 fully saturated rings. The first-order chi connectivity index (χ1) is 34.8. The second-order valence-electron chi connectivity index (χ2n) is 20.5. The Morgan fingerprint density at radius 2 is 1.51 bits per heavy atom. The van der Waals surface area contributed by atoms with Crippen molar-refractivity contribution in [2.45, 2.75) is 108 Å². The molecule has 1 aliphatic heterocycles. The number of likely N-dealkylation sites (tertiary alicyclic amines) is 1. The molecule has 5 aromatic rings. The molecule has 1 aliphatic rings. The van der Waals surface area contributed by atoms with Crippen LogP contribution in [0, 0.1) is 11.3 Å². The first-order valence-corrected chi connectivity index (χ1v) is 27.7. The predicted octanol–water partition coefficient (Wildman–Crippen LogP) is 7.03. The zero-order chi connectivity index (χ0) is 52.8. The van der Waals surface area contributed by atoms with Crippen molar-refractivity contribution in [3.8, 4) is 5.75 Å². The molecule has 1 unspecified atom stereocenters. The summed E-state index contributed by atoms with van der Waals surface area (Å²) in [5.41, 5.74) is 12.1. The number of thiazole rings is 1. The highest BCUT2D eigenvalue weighted by Crippen LogP contribution is 2.38. The fraction of sp³-hybridized carbons (Fsp3) is 0.556. The molecular formula is C54H78N8O9S2. The lowest BCUT2D eigenvalue weighted by Crippen LogP contribution is -2.58. The summed E-state index contributed by atoms with van der Waals surface area (Å²) in [5, 5.41) is 14.0. The quantitative estimate of drug-likeness (QED) is 0.0318. The van der Waals surface area contributed by atoms with Gasteiger partial charge in [0.05, 0.1) is 90.8 Å². The van der Waals surface area contributed by atoms with Crippen molar-refractivity contribution in [2.75, 3.05) is 84.9 Å². The van der Waals surface area contributed by atoms with Gasteiger partial charge in [0.25, 0.3) is 0 Å². The first kappa shape index (κ1) is 57.4. The van der Waals surface area contributed by atoms with Gasteiger partial charge >= 0.3 is 0 Å². The Morgan fingerprint density at radius 1 is 0.849 bits per heavy atom. The number of nitrogens with one attached hydrogen (secondary N) is 4. The normalized spacial score (nSPS) is 17.2. The first-order valence-electron chi connectivity index (χ1n) is 25.4. The molecule has 3 heterocycles. The van der Waals surface area contributed by atoms with E-state index in [-0.39, 0.29) is 53.8 Å². The molecule has 0 bridgehead atoms. The summed E-state index contributed by atoms with van der Waals surface area (Å²) in [7, 11) is -1.97. The third-order valence-corrected chi connectivity index (χ3v) is 16.5. The summed E-state index contributed by atoms with van der Waals surface area (Å²) < 4.78 is 56.8. The SMILES string of the molecule is CC[C@@H](NC(=O)[C@@H]1C[C@H](NCCOCCOCCOCCOCCOc2cc3nccc(Nc4ccc5scnc5c4)c3cc2S(=O)(=O)C(C)(C)C)CN1C(=O)[C@H](C(N)[C@H](C)NC)C(C)(C)C)c1ccccc1. The number of ether oxygens (including phenoxy) is 5. The van der Waals surface area contributed by atoms with Crippen LogP contribution in [0.1, 0.15) is 79.8 Å². The van der Waals surface area contributed by atoms with Gasteiger partial charge in [-0.15, -0.1) is 11.3 Å². The van der Waals surface area contributed by atoms with Crippen LogP contribution in [0.2, 0.25) is 0 Å². The van der Waals surface area contributed by atoms with Crippen molar-refractivity contribution in [1.29, 1.82) is 0 Å². The maximum atomic E-state index is 14.5. The summed E-state index contributed by atoms with van der Waals surface area (Å²) in [6.07, 6.45) is 2.86. The molecule has 73 heavy (non-hydrogen) atoms. The maximum absolute atomic E-state index is 14.5. The van der Waals surface area contributed by atoms with Crippen molar-refractivity contribution in [2.24, 2.45) is 17.1 Å². The molecule has 0 radical (unpaired) electrons. The fourth-order valence-corrected chi connectivity index (χ4v) is 10.9. The number of fused-ring (bicyclic) bond motifs is 2. The van der Waals surface area contributed by atoms with Crippen molar-refractivity contribution in [3.63, 3.8) is 0 Å². The number of likely N-dealkylation sites (N-methyl/N-ethyl adjacent to an activating group) is 1. The van der Waals surface area contributed by atoms with Gasteiger partial charge in [-0.2, -0.15) is 0 Å². The molecule has 17 nitrogen and oxygen atoms in total. The number of hydrogen-bond acceptors (Lipinski definition) is 16. The van der Waals surface area contributed by atoms with E-state index < -0.39 is 38.0 Å². The van der Waals surface area contributed by atoms with Gasteiger partial charge in [-0.25, -0.2) is 13.4 Å². The number of amides is 2. The number of nitrogens with zero attached hydrogens (tertiary/aromatic N) is 3. The van der Waals surface area contributed by atoms with Crippen LogP contribution in [0.25, 0.3) is 21.1 Å². The van der Waals surface area contributed by atoms with Crippen molar-refractivity contribution in [3.05, 3.63) is 84.0 Å². The molecule has 6 rings (SSSR count). The van der Waals surface area contributed by atoms with Crippen molar-refractivity contribution in [1.82, 2.24) is 30.8 Å². The monoisotopic (exact) mass is 1050 g/mol. The minimum absolute atomic E-state index is 0.0843. The number of anilines is 2. The van der Waals surface area contributed by atoms with Crippen LogP contribution in [0.3, 0.4) is 0 Å². The van der Waals surface area contributed by atoms with E-state index in [2.05, 4.69) is 31.2 Å². The second-order valence-corrected chi connectivity index (χ2v) is 24.1. The van der Waals surface area contributed by atoms with E-state index >= 15 is 0 Å². The summed E-state index contributed by atoms with van der Waals surface area (Å²) >= 11 is 1.57. The van der Waals surface area contributed by atoms with Crippen LogP contribution >= 0.6 is 11.3 Å². The molecule has 2 amide bonds. The lowest BCUT2D eigenvalue weighted by molar-refractivity contribution is -0.145. The Labute approximate surface area is 435 Å². The van der Waals surface area contributed by atoms with E-state index in [1.807, 2.05) is 96.3 Å². The van der Waals surface area contributed by atoms with Crippen LogP contribution in [0.5, 0.6) is 5.75 Å². The average molecular weight is 1050 g/mol. The fourth-order valence-electron chi connectivity index (χ4n) is 8.94. The van der Waals surface area contributed by atoms with Crippen LogP contribution in [0.15, 0.2) is 83.3 Å². The van der Waals surface area contributed by atoms with E-state index in [4.69, 9.17) is 29.4 Å². The van der Waals surface area contributed by atoms with E-state index in [1.54, 1.807) is 60.8 Å². The minimum Gasteiger partial charge on any atom is -0.490 e. The number of pyridine rings is 1. The highest BCUT2D eigenvalue weighted by Gasteiger charge is 2.47. The highest BCUT2D eigenvalue weighted by molar-refractivity contribution is 7.92. The second kappa shape index (κ2) is 26.6. The Balaban J connectivity index is 0.887. The van der Waals surface area contributed by atoms with Gasteiger partial charge in [-0.05, 0) is 88.9 Å². The number of benzene rings is 3. The predicted molar refractivity (Wildman–Crippen MR) is 289 cm³/mol. The number of aromatic nitrogens is 2. The van der Waals surface area contributed by atoms with E-state index in [1.165, 1.54) is 0 Å². The molecule has 1 saturated heterocycles. The summed E-state index contributed by atoms with van der Waals surface area (Å²) in [6.45, 7) is 19.0. The van der Waals surface area contributed by atoms with Crippen LogP contribution in [-0.4, -0.2) is 144 Å². The molecule has 0 saturated carbocycles. The van der Waals surface area contributed by atoms with E-state index in [0.29, 0.717) is 88.8 Å². The Morgan fingerprint density at radius 3 is 2.14 bits per heavy atom. The largest absolute Gasteiger partial charge is 0.490 e. The molecule has 2 aromatic heterocycles. The Kier molecular flexibility index (Phi) is 20.9. The average Bonchev–Trinajstić information content (AvgIpc) is 4.02. The smallest absolute Gasteiger partial charge is 0.243 e. The van der Waals surface area contributed by atoms with Crippen LogP contribution in [-0.2, 0) is 38.4 Å². The molecule has 0 spiro atoms. The summed E-state index contributed by atoms with van der Waals surface area (Å²) in [5.74, 6) is -0.573. The summed E-state index contributed by atoms with van der Waals surface area (Å²) in [4.78, 5) is 39.3. The third-order valence-electron chi connectivity index (χ3n) is 13.2. The number of hydrogen-bond donors (Lipinski definition) is 5. The van der Waals surface area contributed by atoms with Gasteiger partial charge in [-0.1, -0.05) is 58.0 Å².